The van der Waals surface area contributed by atoms with Gasteiger partial charge in [0, 0.05) is 19.0 Å². The first-order valence-electron chi connectivity index (χ1n) is 8.04. The molecule has 1 aromatic carbocycles. The third-order valence-corrected chi connectivity index (χ3v) is 4.15. The van der Waals surface area contributed by atoms with Crippen molar-refractivity contribution in [1.29, 1.82) is 0 Å². The number of nitrogens with one attached hydrogen (secondary N) is 1. The lowest BCUT2D eigenvalue weighted by atomic mass is 10.0. The molecule has 1 aliphatic rings. The van der Waals surface area contributed by atoms with E-state index in [2.05, 4.69) is 17.1 Å². The van der Waals surface area contributed by atoms with Gasteiger partial charge in [0.15, 0.2) is 0 Å². The number of nitrogens with two attached hydrogens (primary N) is 1. The molecule has 1 aromatic rings. The number of amides is 1. The Balaban J connectivity index is 1.73. The fraction of sp³-hybridized carbons (Fsp3) is 0.588. The van der Waals surface area contributed by atoms with Crippen molar-refractivity contribution in [1.82, 2.24) is 4.90 Å². The molecule has 1 amide bonds. The third-order valence-electron chi connectivity index (χ3n) is 4.15. The Morgan fingerprint density at radius 3 is 3.00 bits per heavy atom. The van der Waals surface area contributed by atoms with Gasteiger partial charge in [-0.05, 0) is 50.4 Å². The Kier molecular flexibility index (Phi) is 6.07. The molecule has 0 bridgehead atoms. The Morgan fingerprint density at radius 1 is 1.50 bits per heavy atom. The lowest BCUT2D eigenvalue weighted by Crippen LogP contribution is -2.35. The molecule has 1 aliphatic heterocycles. The van der Waals surface area contributed by atoms with Crippen LogP contribution in [0.1, 0.15) is 32.6 Å². The van der Waals surface area contributed by atoms with Crippen molar-refractivity contribution in [2.75, 3.05) is 37.8 Å². The normalized spacial score (nSPS) is 18.9. The van der Waals surface area contributed by atoms with Crippen molar-refractivity contribution in [3.05, 3.63) is 18.2 Å². The minimum atomic E-state index is 0.0157. The van der Waals surface area contributed by atoms with Gasteiger partial charge >= 0.3 is 0 Å². The summed E-state index contributed by atoms with van der Waals surface area (Å²) in [5.41, 5.74) is 7.08. The van der Waals surface area contributed by atoms with Crippen LogP contribution in [0.4, 0.5) is 11.4 Å². The van der Waals surface area contributed by atoms with Crippen LogP contribution in [-0.4, -0.2) is 37.6 Å². The maximum absolute atomic E-state index is 12.0. The van der Waals surface area contributed by atoms with Crippen molar-refractivity contribution < 1.29 is 9.53 Å². The number of ether oxygens (including phenoxy) is 1. The number of likely N-dealkylation sites (tertiary alicyclic amines) is 1. The summed E-state index contributed by atoms with van der Waals surface area (Å²) in [6.45, 7) is 5.62. The number of nitrogen functional groups attached to an aromatic ring is 1. The van der Waals surface area contributed by atoms with Crippen molar-refractivity contribution in [2.24, 2.45) is 5.92 Å². The number of hydrogen-bond donors (Lipinski definition) is 2. The van der Waals surface area contributed by atoms with Crippen molar-refractivity contribution >= 4 is 17.3 Å². The van der Waals surface area contributed by atoms with Crippen molar-refractivity contribution in [3.63, 3.8) is 0 Å². The van der Waals surface area contributed by atoms with Gasteiger partial charge in [-0.1, -0.05) is 6.92 Å². The number of carbonyl (C=O) groups excluding carboxylic acids is 1. The first-order chi connectivity index (χ1) is 10.6. The molecule has 5 nitrogen and oxygen atoms in total. The van der Waals surface area contributed by atoms with Crippen LogP contribution < -0.4 is 15.8 Å². The number of hydrogen-bond acceptors (Lipinski definition) is 4. The zero-order chi connectivity index (χ0) is 15.9. The molecule has 2 rings (SSSR count). The number of methoxy groups -OCH3 is 1. The van der Waals surface area contributed by atoms with Gasteiger partial charge in [0.2, 0.25) is 5.91 Å². The quantitative estimate of drug-likeness (QED) is 0.793. The Morgan fingerprint density at radius 2 is 2.32 bits per heavy atom. The van der Waals surface area contributed by atoms with E-state index in [1.807, 2.05) is 0 Å². The highest BCUT2D eigenvalue weighted by atomic mass is 16.5. The SMILES string of the molecule is COc1ccc(NC(=O)CCCN2CCCC(C)C2)c(N)c1. The minimum absolute atomic E-state index is 0.0157. The highest BCUT2D eigenvalue weighted by molar-refractivity contribution is 5.93. The number of rotatable bonds is 6. The van der Waals surface area contributed by atoms with Crippen molar-refractivity contribution in [2.45, 2.75) is 32.6 Å². The predicted molar refractivity (Wildman–Crippen MR) is 90.1 cm³/mol. The van der Waals surface area contributed by atoms with E-state index >= 15 is 0 Å². The highest BCUT2D eigenvalue weighted by Gasteiger charge is 2.16. The van der Waals surface area contributed by atoms with Crippen LogP contribution in [0.25, 0.3) is 0 Å². The smallest absolute Gasteiger partial charge is 0.224 e. The van der Waals surface area contributed by atoms with Gasteiger partial charge in [0.1, 0.15) is 5.75 Å². The van der Waals surface area contributed by atoms with Gasteiger partial charge < -0.3 is 20.7 Å². The van der Waals surface area contributed by atoms with Gasteiger partial charge in [-0.15, -0.1) is 0 Å². The van der Waals surface area contributed by atoms with E-state index in [9.17, 15) is 4.79 Å². The standard InChI is InChI=1S/C17H27N3O2/c1-13-5-3-9-20(12-13)10-4-6-17(21)19-16-8-7-14(22-2)11-15(16)18/h7-8,11,13H,3-6,9-10,12,18H2,1-2H3,(H,19,21). The molecule has 0 radical (unpaired) electrons. The van der Waals surface area contributed by atoms with E-state index in [-0.39, 0.29) is 5.91 Å². The van der Waals surface area contributed by atoms with Gasteiger partial charge in [-0.2, -0.15) is 0 Å². The average molecular weight is 305 g/mol. The lowest BCUT2D eigenvalue weighted by Gasteiger charge is -2.30. The molecule has 5 heteroatoms. The number of carbonyl (C=O) groups is 1. The molecular weight excluding hydrogens is 278 g/mol. The van der Waals surface area contributed by atoms with Crippen LogP contribution in [0.5, 0.6) is 5.75 Å². The summed E-state index contributed by atoms with van der Waals surface area (Å²) in [5, 5.41) is 2.87. The fourth-order valence-electron chi connectivity index (χ4n) is 2.95. The molecule has 1 heterocycles. The number of nitrogens with zero attached hydrogens (tertiary/aromatic N) is 1. The summed E-state index contributed by atoms with van der Waals surface area (Å²) in [6, 6.07) is 5.28. The summed E-state index contributed by atoms with van der Waals surface area (Å²) in [4.78, 5) is 14.5. The van der Waals surface area contributed by atoms with Gasteiger partial charge in [0.25, 0.3) is 0 Å². The average Bonchev–Trinajstić information content (AvgIpc) is 2.49. The monoisotopic (exact) mass is 305 g/mol. The Labute approximate surface area is 132 Å². The van der Waals surface area contributed by atoms with Crippen LogP contribution >= 0.6 is 0 Å². The highest BCUT2D eigenvalue weighted by Crippen LogP contribution is 2.24. The van der Waals surface area contributed by atoms with Gasteiger partial charge in [-0.3, -0.25) is 4.79 Å². The van der Waals surface area contributed by atoms with Gasteiger partial charge in [0.05, 0.1) is 18.5 Å². The zero-order valence-electron chi connectivity index (χ0n) is 13.6. The van der Waals surface area contributed by atoms with Crippen LogP contribution in [-0.2, 0) is 4.79 Å². The predicted octanol–water partition coefficient (Wildman–Crippen LogP) is 2.73. The van der Waals surface area contributed by atoms with Crippen molar-refractivity contribution in [3.8, 4) is 5.75 Å². The van der Waals surface area contributed by atoms with Crippen LogP contribution in [0.15, 0.2) is 18.2 Å². The third kappa shape index (κ3) is 4.91. The number of anilines is 2. The molecule has 122 valence electrons. The molecule has 0 aromatic heterocycles. The first kappa shape index (κ1) is 16.6. The van der Waals surface area contributed by atoms with Crippen LogP contribution in [0.2, 0.25) is 0 Å². The van der Waals surface area contributed by atoms with E-state index in [4.69, 9.17) is 10.5 Å². The molecule has 0 saturated carbocycles. The van der Waals surface area contributed by atoms with E-state index in [1.165, 1.54) is 12.8 Å². The fourth-order valence-corrected chi connectivity index (χ4v) is 2.95. The summed E-state index contributed by atoms with van der Waals surface area (Å²) < 4.78 is 5.10. The van der Waals surface area contributed by atoms with Crippen LogP contribution in [0, 0.1) is 5.92 Å². The van der Waals surface area contributed by atoms with E-state index in [0.717, 1.165) is 32.0 Å². The summed E-state index contributed by atoms with van der Waals surface area (Å²) in [7, 11) is 1.59. The number of benzene rings is 1. The molecule has 0 spiro atoms. The largest absolute Gasteiger partial charge is 0.497 e. The maximum Gasteiger partial charge on any atom is 0.224 e. The molecule has 22 heavy (non-hydrogen) atoms. The summed E-state index contributed by atoms with van der Waals surface area (Å²) in [6.07, 6.45) is 4.01. The zero-order valence-corrected chi connectivity index (χ0v) is 13.6. The lowest BCUT2D eigenvalue weighted by molar-refractivity contribution is -0.116. The van der Waals surface area contributed by atoms with E-state index < -0.39 is 0 Å². The van der Waals surface area contributed by atoms with Crippen LogP contribution in [0.3, 0.4) is 0 Å². The maximum atomic E-state index is 12.0. The number of piperidine rings is 1. The second-order valence-corrected chi connectivity index (χ2v) is 6.15. The molecule has 0 aliphatic carbocycles. The van der Waals surface area contributed by atoms with Gasteiger partial charge in [-0.25, -0.2) is 0 Å². The van der Waals surface area contributed by atoms with E-state index in [0.29, 0.717) is 23.5 Å². The minimum Gasteiger partial charge on any atom is -0.497 e. The topological polar surface area (TPSA) is 67.6 Å². The molecule has 1 saturated heterocycles. The molecule has 1 atom stereocenters. The summed E-state index contributed by atoms with van der Waals surface area (Å²) in [5.74, 6) is 1.48. The molecule has 3 N–H and O–H groups in total. The second-order valence-electron chi connectivity index (χ2n) is 6.15. The first-order valence-corrected chi connectivity index (χ1v) is 8.04. The summed E-state index contributed by atoms with van der Waals surface area (Å²) >= 11 is 0. The second kappa shape index (κ2) is 8.03. The molecule has 1 fully saturated rings. The van der Waals surface area contributed by atoms with E-state index in [1.54, 1.807) is 25.3 Å². The molecule has 1 unspecified atom stereocenters. The Bertz CT molecular complexity index is 505. The molecular formula is C17H27N3O2. The Hall–Kier alpha value is -1.75.